The standard InChI is InChI=1S/C22H17F5N4O2/c1-30(12-13-4-2-5-15(32)10-13)21-29-28-19(17-6-3-9-31(17)21)16-8-7-14(22(25,26)27)11-18(16)33-20(23)24/h2-11,20,32H,12H2,1H3. The van der Waals surface area contributed by atoms with Crippen molar-refractivity contribution in [2.75, 3.05) is 11.9 Å². The summed E-state index contributed by atoms with van der Waals surface area (Å²) in [5.74, 6) is -0.147. The molecular formula is C22H17F5N4O2. The fourth-order valence-electron chi connectivity index (χ4n) is 3.48. The molecule has 11 heteroatoms. The molecule has 0 spiro atoms. The topological polar surface area (TPSA) is 62.9 Å². The van der Waals surface area contributed by atoms with Crippen LogP contribution in [0.4, 0.5) is 27.9 Å². The van der Waals surface area contributed by atoms with Gasteiger partial charge in [-0.3, -0.25) is 4.40 Å². The lowest BCUT2D eigenvalue weighted by molar-refractivity contribution is -0.138. The molecule has 0 amide bonds. The first-order valence-corrected chi connectivity index (χ1v) is 9.62. The first-order chi connectivity index (χ1) is 15.6. The molecule has 2 aromatic carbocycles. The Morgan fingerprint density at radius 2 is 1.85 bits per heavy atom. The average molecular weight is 464 g/mol. The van der Waals surface area contributed by atoms with Crippen molar-refractivity contribution in [2.45, 2.75) is 19.3 Å². The zero-order chi connectivity index (χ0) is 23.8. The fourth-order valence-corrected chi connectivity index (χ4v) is 3.48. The molecule has 33 heavy (non-hydrogen) atoms. The number of phenols is 1. The lowest BCUT2D eigenvalue weighted by atomic mass is 10.1. The van der Waals surface area contributed by atoms with Crippen LogP contribution < -0.4 is 9.64 Å². The highest BCUT2D eigenvalue weighted by molar-refractivity contribution is 5.81. The molecule has 6 nitrogen and oxygen atoms in total. The monoisotopic (exact) mass is 464 g/mol. The molecule has 2 aromatic heterocycles. The number of benzene rings is 2. The minimum atomic E-state index is -4.73. The highest BCUT2D eigenvalue weighted by Gasteiger charge is 2.32. The molecule has 4 rings (SSSR count). The smallest absolute Gasteiger partial charge is 0.416 e. The molecule has 0 aliphatic heterocycles. The SMILES string of the molecule is CN(Cc1cccc(O)c1)c1nnc(-c2ccc(C(F)(F)F)cc2OC(F)F)c2cccn12. The van der Waals surface area contributed by atoms with Crippen LogP contribution in [-0.2, 0) is 12.7 Å². The van der Waals surface area contributed by atoms with E-state index in [-0.39, 0.29) is 17.0 Å². The van der Waals surface area contributed by atoms with Crippen LogP contribution in [0.1, 0.15) is 11.1 Å². The Kier molecular flexibility index (Phi) is 5.79. The van der Waals surface area contributed by atoms with Crippen LogP contribution >= 0.6 is 0 Å². The maximum absolute atomic E-state index is 13.1. The third-order valence-electron chi connectivity index (χ3n) is 4.90. The van der Waals surface area contributed by atoms with E-state index in [0.29, 0.717) is 24.1 Å². The van der Waals surface area contributed by atoms with Gasteiger partial charge in [-0.15, -0.1) is 10.2 Å². The van der Waals surface area contributed by atoms with Gasteiger partial charge in [0.1, 0.15) is 17.2 Å². The fraction of sp³-hybridized carbons (Fsp3) is 0.182. The van der Waals surface area contributed by atoms with Crippen molar-refractivity contribution >= 4 is 11.5 Å². The van der Waals surface area contributed by atoms with Crippen LogP contribution in [0.15, 0.2) is 60.8 Å². The summed E-state index contributed by atoms with van der Waals surface area (Å²) in [6.45, 7) is -2.95. The maximum atomic E-state index is 13.1. The lowest BCUT2D eigenvalue weighted by Gasteiger charge is -2.20. The predicted octanol–water partition coefficient (Wildman–Crippen LogP) is 5.36. The normalized spacial score (nSPS) is 11.8. The summed E-state index contributed by atoms with van der Waals surface area (Å²) in [7, 11) is 1.75. The molecule has 0 aliphatic carbocycles. The minimum absolute atomic E-state index is 0.0540. The zero-order valence-corrected chi connectivity index (χ0v) is 17.1. The summed E-state index contributed by atoms with van der Waals surface area (Å²) in [6, 6.07) is 12.3. The molecule has 0 radical (unpaired) electrons. The van der Waals surface area contributed by atoms with Gasteiger partial charge in [-0.2, -0.15) is 22.0 Å². The lowest BCUT2D eigenvalue weighted by Crippen LogP contribution is -2.21. The number of nitrogens with zero attached hydrogens (tertiary/aromatic N) is 4. The number of hydrogen-bond acceptors (Lipinski definition) is 5. The molecule has 0 unspecified atom stereocenters. The summed E-state index contributed by atoms with van der Waals surface area (Å²) >= 11 is 0. The molecule has 0 bridgehead atoms. The highest BCUT2D eigenvalue weighted by Crippen LogP contribution is 2.38. The Labute approximate surface area is 184 Å². The predicted molar refractivity (Wildman–Crippen MR) is 110 cm³/mol. The van der Waals surface area contributed by atoms with E-state index in [1.165, 1.54) is 0 Å². The second kappa shape index (κ2) is 8.57. The van der Waals surface area contributed by atoms with E-state index in [9.17, 15) is 27.1 Å². The van der Waals surface area contributed by atoms with Crippen molar-refractivity contribution in [1.29, 1.82) is 0 Å². The molecule has 2 heterocycles. The van der Waals surface area contributed by atoms with Gasteiger partial charge in [-0.25, -0.2) is 0 Å². The number of fused-ring (bicyclic) bond motifs is 1. The summed E-state index contributed by atoms with van der Waals surface area (Å²) in [4.78, 5) is 1.75. The van der Waals surface area contributed by atoms with Crippen molar-refractivity contribution < 1.29 is 31.8 Å². The van der Waals surface area contributed by atoms with Gasteiger partial charge in [-0.05, 0) is 48.0 Å². The molecule has 1 N–H and O–H groups in total. The molecule has 0 fully saturated rings. The Balaban J connectivity index is 1.77. The number of rotatable bonds is 6. The first-order valence-electron chi connectivity index (χ1n) is 9.62. The van der Waals surface area contributed by atoms with Crippen LogP contribution in [0.25, 0.3) is 16.8 Å². The zero-order valence-electron chi connectivity index (χ0n) is 17.1. The van der Waals surface area contributed by atoms with Gasteiger partial charge in [0.25, 0.3) is 0 Å². The van der Waals surface area contributed by atoms with Crippen LogP contribution in [0, 0.1) is 0 Å². The van der Waals surface area contributed by atoms with E-state index in [4.69, 9.17) is 0 Å². The quantitative estimate of drug-likeness (QED) is 0.390. The largest absolute Gasteiger partial charge is 0.508 e. The number of alkyl halides is 5. The van der Waals surface area contributed by atoms with Gasteiger partial charge in [0.15, 0.2) is 0 Å². The molecule has 0 saturated carbocycles. The Morgan fingerprint density at radius 3 is 2.55 bits per heavy atom. The van der Waals surface area contributed by atoms with E-state index in [2.05, 4.69) is 14.9 Å². The highest BCUT2D eigenvalue weighted by atomic mass is 19.4. The van der Waals surface area contributed by atoms with Crippen LogP contribution in [0.3, 0.4) is 0 Å². The third kappa shape index (κ3) is 4.66. The van der Waals surface area contributed by atoms with E-state index >= 15 is 0 Å². The summed E-state index contributed by atoms with van der Waals surface area (Å²) in [6.07, 6.45) is -3.06. The number of anilines is 1. The van der Waals surface area contributed by atoms with E-state index in [1.54, 1.807) is 52.9 Å². The summed E-state index contributed by atoms with van der Waals surface area (Å²) in [5.41, 5.74) is 0.143. The van der Waals surface area contributed by atoms with Gasteiger partial charge in [0, 0.05) is 25.4 Å². The van der Waals surface area contributed by atoms with Crippen LogP contribution in [0.2, 0.25) is 0 Å². The van der Waals surface area contributed by atoms with E-state index < -0.39 is 24.1 Å². The number of phenolic OH excluding ortho intramolecular Hbond substituents is 1. The molecular weight excluding hydrogens is 447 g/mol. The Hall–Kier alpha value is -3.89. The van der Waals surface area contributed by atoms with Crippen molar-refractivity contribution in [1.82, 2.24) is 14.6 Å². The van der Waals surface area contributed by atoms with Gasteiger partial charge in [-0.1, -0.05) is 12.1 Å². The molecule has 172 valence electrons. The number of hydrogen-bond donors (Lipinski definition) is 1. The summed E-state index contributed by atoms with van der Waals surface area (Å²) in [5, 5.41) is 18.0. The van der Waals surface area contributed by atoms with E-state index in [0.717, 1.165) is 17.7 Å². The molecule has 0 aliphatic rings. The Bertz CT molecular complexity index is 1290. The average Bonchev–Trinajstić information content (AvgIpc) is 3.22. The number of aromatic nitrogens is 3. The van der Waals surface area contributed by atoms with Crippen molar-refractivity contribution in [3.8, 4) is 22.8 Å². The van der Waals surface area contributed by atoms with Crippen molar-refractivity contribution in [3.05, 3.63) is 71.9 Å². The maximum Gasteiger partial charge on any atom is 0.416 e. The second-order valence-electron chi connectivity index (χ2n) is 7.23. The third-order valence-corrected chi connectivity index (χ3v) is 4.90. The molecule has 0 atom stereocenters. The molecule has 0 saturated heterocycles. The summed E-state index contributed by atoms with van der Waals surface area (Å²) < 4.78 is 71.2. The number of ether oxygens (including phenoxy) is 1. The molecule has 4 aromatic rings. The second-order valence-corrected chi connectivity index (χ2v) is 7.23. The van der Waals surface area contributed by atoms with Gasteiger partial charge >= 0.3 is 12.8 Å². The number of halogens is 5. The van der Waals surface area contributed by atoms with Gasteiger partial charge < -0.3 is 14.7 Å². The van der Waals surface area contributed by atoms with Crippen molar-refractivity contribution in [2.24, 2.45) is 0 Å². The van der Waals surface area contributed by atoms with Crippen LogP contribution in [0.5, 0.6) is 11.5 Å². The minimum Gasteiger partial charge on any atom is -0.508 e. The van der Waals surface area contributed by atoms with Crippen molar-refractivity contribution in [3.63, 3.8) is 0 Å². The van der Waals surface area contributed by atoms with E-state index in [1.807, 2.05) is 6.07 Å². The Morgan fingerprint density at radius 1 is 1.06 bits per heavy atom. The first kappa shape index (κ1) is 22.3. The van der Waals surface area contributed by atoms with Gasteiger partial charge in [0.05, 0.1) is 11.1 Å². The number of aromatic hydroxyl groups is 1. The van der Waals surface area contributed by atoms with Crippen LogP contribution in [-0.4, -0.2) is 33.4 Å². The van der Waals surface area contributed by atoms with Gasteiger partial charge in [0.2, 0.25) is 5.95 Å².